The summed E-state index contributed by atoms with van der Waals surface area (Å²) in [5.41, 5.74) is 0.932. The third-order valence-electron chi connectivity index (χ3n) is 4.88. The van der Waals surface area contributed by atoms with E-state index in [2.05, 4.69) is 5.32 Å². The lowest BCUT2D eigenvalue weighted by Crippen LogP contribution is -2.51. The molecule has 1 aromatic carbocycles. The highest BCUT2D eigenvalue weighted by atomic mass is 35.5. The highest BCUT2D eigenvalue weighted by Crippen LogP contribution is 2.46. The zero-order chi connectivity index (χ0) is 17.7. The third kappa shape index (κ3) is 2.80. The fourth-order valence-corrected chi connectivity index (χ4v) is 5.05. The second-order valence-electron chi connectivity index (χ2n) is 6.44. The molecule has 1 amide bonds. The van der Waals surface area contributed by atoms with Crippen LogP contribution in [0.15, 0.2) is 18.2 Å². The van der Waals surface area contributed by atoms with E-state index in [1.54, 1.807) is 25.1 Å². The highest BCUT2D eigenvalue weighted by Gasteiger charge is 2.56. The molecule has 3 rings (SSSR count). The maximum atomic E-state index is 12.4. The first-order chi connectivity index (χ1) is 11.2. The monoisotopic (exact) mass is 371 g/mol. The van der Waals surface area contributed by atoms with Crippen molar-refractivity contribution < 1.29 is 22.7 Å². The molecule has 1 aliphatic carbocycles. The molecule has 0 spiro atoms. The summed E-state index contributed by atoms with van der Waals surface area (Å²) in [5, 5.41) is 2.99. The minimum Gasteiger partial charge on any atom is -0.448 e. The SMILES string of the molecule is CC(NC(=O)C1Cc2cccc(Cl)c2C(=O)O1)C1(S(C)(=O)=O)CC1. The number of carbonyl (C=O) groups excluding carboxylic acids is 2. The number of rotatable bonds is 4. The van der Waals surface area contributed by atoms with Crippen LogP contribution in [0.5, 0.6) is 0 Å². The first kappa shape index (κ1) is 17.2. The summed E-state index contributed by atoms with van der Waals surface area (Å²) in [5.74, 6) is -1.13. The molecule has 130 valence electrons. The Bertz CT molecular complexity index is 816. The number of esters is 1. The summed E-state index contributed by atoms with van der Waals surface area (Å²) < 4.78 is 28.1. The first-order valence-electron chi connectivity index (χ1n) is 7.64. The number of cyclic esters (lactones) is 1. The van der Waals surface area contributed by atoms with Gasteiger partial charge in [0.25, 0.3) is 5.91 Å². The fourth-order valence-electron chi connectivity index (χ4n) is 3.23. The number of hydrogen-bond donors (Lipinski definition) is 1. The molecule has 0 bridgehead atoms. The molecule has 2 aliphatic rings. The van der Waals surface area contributed by atoms with Gasteiger partial charge in [0.1, 0.15) is 0 Å². The molecule has 1 saturated carbocycles. The molecule has 1 aromatic rings. The average Bonchev–Trinajstić information content (AvgIpc) is 3.28. The summed E-state index contributed by atoms with van der Waals surface area (Å²) in [6, 6.07) is 4.48. The third-order valence-corrected chi connectivity index (χ3v) is 7.43. The number of nitrogens with one attached hydrogen (secondary N) is 1. The number of hydrogen-bond acceptors (Lipinski definition) is 5. The van der Waals surface area contributed by atoms with Gasteiger partial charge in [0.05, 0.1) is 15.3 Å². The Morgan fingerprint density at radius 3 is 2.67 bits per heavy atom. The molecule has 6 nitrogen and oxygen atoms in total. The van der Waals surface area contributed by atoms with E-state index in [9.17, 15) is 18.0 Å². The summed E-state index contributed by atoms with van der Waals surface area (Å²) in [6.45, 7) is 1.67. The number of sulfone groups is 1. The van der Waals surface area contributed by atoms with Crippen LogP contribution in [-0.4, -0.2) is 43.4 Å². The molecule has 1 aliphatic heterocycles. The van der Waals surface area contributed by atoms with Gasteiger partial charge >= 0.3 is 5.97 Å². The molecule has 1 heterocycles. The summed E-state index contributed by atoms with van der Waals surface area (Å²) >= 11 is 6.00. The largest absolute Gasteiger partial charge is 0.448 e. The molecular weight excluding hydrogens is 354 g/mol. The Morgan fingerprint density at radius 2 is 2.08 bits per heavy atom. The van der Waals surface area contributed by atoms with Crippen molar-refractivity contribution in [1.82, 2.24) is 5.32 Å². The molecule has 0 aromatic heterocycles. The van der Waals surface area contributed by atoms with Crippen molar-refractivity contribution in [2.45, 2.75) is 43.1 Å². The van der Waals surface area contributed by atoms with Gasteiger partial charge in [-0.2, -0.15) is 0 Å². The lowest BCUT2D eigenvalue weighted by molar-refractivity contribution is -0.131. The molecular formula is C16H18ClNO5S. The van der Waals surface area contributed by atoms with Gasteiger partial charge in [-0.1, -0.05) is 23.7 Å². The predicted molar refractivity (Wildman–Crippen MR) is 88.8 cm³/mol. The Morgan fingerprint density at radius 1 is 1.42 bits per heavy atom. The van der Waals surface area contributed by atoms with Crippen LogP contribution in [0.3, 0.4) is 0 Å². The van der Waals surface area contributed by atoms with Crippen LogP contribution in [0, 0.1) is 0 Å². The second kappa shape index (κ2) is 5.74. The zero-order valence-electron chi connectivity index (χ0n) is 13.3. The van der Waals surface area contributed by atoms with Crippen molar-refractivity contribution in [3.63, 3.8) is 0 Å². The van der Waals surface area contributed by atoms with E-state index in [-0.39, 0.29) is 12.0 Å². The lowest BCUT2D eigenvalue weighted by atomic mass is 9.98. The van der Waals surface area contributed by atoms with Crippen LogP contribution >= 0.6 is 11.6 Å². The van der Waals surface area contributed by atoms with E-state index in [0.29, 0.717) is 23.4 Å². The van der Waals surface area contributed by atoms with Crippen molar-refractivity contribution in [3.05, 3.63) is 34.3 Å². The number of amides is 1. The standard InChI is InChI=1S/C16H18ClNO5S/c1-9(16(6-7-16)24(2,21)22)18-14(19)12-8-10-4-3-5-11(17)13(10)15(20)23-12/h3-5,9,12H,6-8H2,1-2H3,(H,18,19). The van der Waals surface area contributed by atoms with Crippen LogP contribution < -0.4 is 5.32 Å². The van der Waals surface area contributed by atoms with E-state index in [1.807, 2.05) is 0 Å². The Balaban J connectivity index is 1.75. The van der Waals surface area contributed by atoms with Crippen LogP contribution in [0.25, 0.3) is 0 Å². The van der Waals surface area contributed by atoms with Gasteiger partial charge in [0.2, 0.25) is 0 Å². The van der Waals surface area contributed by atoms with E-state index in [0.717, 1.165) is 0 Å². The van der Waals surface area contributed by atoms with Crippen molar-refractivity contribution in [2.24, 2.45) is 0 Å². The summed E-state index contributed by atoms with van der Waals surface area (Å²) in [4.78, 5) is 24.5. The van der Waals surface area contributed by atoms with Crippen molar-refractivity contribution >= 4 is 33.3 Å². The predicted octanol–water partition coefficient (Wildman–Crippen LogP) is 1.50. The zero-order valence-corrected chi connectivity index (χ0v) is 14.9. The van der Waals surface area contributed by atoms with Crippen molar-refractivity contribution in [3.8, 4) is 0 Å². The quantitative estimate of drug-likeness (QED) is 0.810. The van der Waals surface area contributed by atoms with Crippen LogP contribution in [0.4, 0.5) is 0 Å². The molecule has 0 saturated heterocycles. The summed E-state index contributed by atoms with van der Waals surface area (Å²) in [7, 11) is -3.27. The number of carbonyl (C=O) groups is 2. The minimum absolute atomic E-state index is 0.214. The molecule has 1 fully saturated rings. The van der Waals surface area contributed by atoms with Gasteiger partial charge < -0.3 is 10.1 Å². The molecule has 24 heavy (non-hydrogen) atoms. The maximum Gasteiger partial charge on any atom is 0.340 e. The Kier molecular flexibility index (Phi) is 4.12. The van der Waals surface area contributed by atoms with Crippen molar-refractivity contribution in [2.75, 3.05) is 6.26 Å². The van der Waals surface area contributed by atoms with Gasteiger partial charge in [-0.3, -0.25) is 4.79 Å². The summed E-state index contributed by atoms with van der Waals surface area (Å²) in [6.07, 6.45) is 1.46. The topological polar surface area (TPSA) is 89.5 Å². The minimum atomic E-state index is -3.27. The normalized spacial score (nSPS) is 23.0. The number of halogens is 1. The van der Waals surface area contributed by atoms with Gasteiger partial charge in [0, 0.05) is 18.7 Å². The van der Waals surface area contributed by atoms with Gasteiger partial charge in [0.15, 0.2) is 15.9 Å². The van der Waals surface area contributed by atoms with Crippen LogP contribution in [0.2, 0.25) is 5.02 Å². The highest BCUT2D eigenvalue weighted by molar-refractivity contribution is 7.92. The lowest BCUT2D eigenvalue weighted by Gasteiger charge is -2.28. The van der Waals surface area contributed by atoms with Gasteiger partial charge in [-0.05, 0) is 31.4 Å². The van der Waals surface area contributed by atoms with Crippen LogP contribution in [-0.2, 0) is 25.8 Å². The Labute approximate surface area is 145 Å². The van der Waals surface area contributed by atoms with E-state index < -0.39 is 38.6 Å². The second-order valence-corrected chi connectivity index (χ2v) is 9.20. The van der Waals surface area contributed by atoms with Gasteiger partial charge in [-0.15, -0.1) is 0 Å². The van der Waals surface area contributed by atoms with Crippen LogP contribution in [0.1, 0.15) is 35.7 Å². The molecule has 8 heteroatoms. The Hall–Kier alpha value is -1.60. The molecule has 2 unspecified atom stereocenters. The molecule has 0 radical (unpaired) electrons. The van der Waals surface area contributed by atoms with E-state index >= 15 is 0 Å². The van der Waals surface area contributed by atoms with Gasteiger partial charge in [-0.25, -0.2) is 13.2 Å². The fraction of sp³-hybridized carbons (Fsp3) is 0.500. The first-order valence-corrected chi connectivity index (χ1v) is 9.91. The number of fused-ring (bicyclic) bond motifs is 1. The number of benzene rings is 1. The smallest absolute Gasteiger partial charge is 0.340 e. The van der Waals surface area contributed by atoms with E-state index in [1.165, 1.54) is 6.26 Å². The van der Waals surface area contributed by atoms with Crippen molar-refractivity contribution in [1.29, 1.82) is 0 Å². The van der Waals surface area contributed by atoms with E-state index in [4.69, 9.17) is 16.3 Å². The molecule has 1 N–H and O–H groups in total. The molecule has 2 atom stereocenters. The maximum absolute atomic E-state index is 12.4. The number of ether oxygens (including phenoxy) is 1. The average molecular weight is 372 g/mol.